The summed E-state index contributed by atoms with van der Waals surface area (Å²) >= 11 is 3.28. The molecule has 78 valence electrons. The fourth-order valence-corrected chi connectivity index (χ4v) is 1.35. The van der Waals surface area contributed by atoms with Gasteiger partial charge in [0.05, 0.1) is 6.07 Å². The van der Waals surface area contributed by atoms with E-state index in [0.717, 1.165) is 10.2 Å². The normalized spacial score (nSPS) is 14.0. The Morgan fingerprint density at radius 3 is 2.73 bits per heavy atom. The van der Waals surface area contributed by atoms with Gasteiger partial charge in [0.1, 0.15) is 11.2 Å². The lowest BCUT2D eigenvalue weighted by molar-refractivity contribution is -0.123. The predicted molar refractivity (Wildman–Crippen MR) is 60.0 cm³/mol. The second kappa shape index (κ2) is 4.54. The molecule has 0 bridgehead atoms. The molecular formula is C11H11BrN2O. The molecule has 1 heterocycles. The number of carbonyl (C=O) groups is 1. The molecule has 15 heavy (non-hydrogen) atoms. The Morgan fingerprint density at radius 1 is 1.67 bits per heavy atom. The van der Waals surface area contributed by atoms with E-state index in [4.69, 9.17) is 5.26 Å². The first kappa shape index (κ1) is 11.9. The highest BCUT2D eigenvalue weighted by Gasteiger charge is 2.30. The van der Waals surface area contributed by atoms with Crippen molar-refractivity contribution in [1.29, 1.82) is 5.26 Å². The van der Waals surface area contributed by atoms with Crippen molar-refractivity contribution < 1.29 is 4.79 Å². The molecule has 1 unspecified atom stereocenters. The number of hydrogen-bond acceptors (Lipinski definition) is 3. The number of nitriles is 1. The Morgan fingerprint density at radius 2 is 2.33 bits per heavy atom. The first-order valence-corrected chi connectivity index (χ1v) is 5.30. The van der Waals surface area contributed by atoms with E-state index in [2.05, 4.69) is 20.9 Å². The molecule has 0 aliphatic heterocycles. The summed E-state index contributed by atoms with van der Waals surface area (Å²) in [6.45, 7) is 3.07. The summed E-state index contributed by atoms with van der Waals surface area (Å²) in [5.41, 5.74) is -0.224. The maximum atomic E-state index is 11.3. The van der Waals surface area contributed by atoms with E-state index in [1.54, 1.807) is 13.1 Å². The standard InChI is InChI=1S/C11H11BrN2O/c1-8(15)11(2,7-13)5-10-4-3-9(12)6-14-10/h3-4,6H,5H2,1-2H3. The van der Waals surface area contributed by atoms with Crippen LogP contribution in [0.4, 0.5) is 0 Å². The SMILES string of the molecule is CC(=O)C(C)(C#N)Cc1ccc(Br)cn1. The van der Waals surface area contributed by atoms with E-state index in [9.17, 15) is 4.79 Å². The topological polar surface area (TPSA) is 53.8 Å². The smallest absolute Gasteiger partial charge is 0.150 e. The fourth-order valence-electron chi connectivity index (χ4n) is 1.12. The van der Waals surface area contributed by atoms with Gasteiger partial charge < -0.3 is 0 Å². The van der Waals surface area contributed by atoms with Gasteiger partial charge in [0.15, 0.2) is 0 Å². The minimum atomic E-state index is -0.971. The molecule has 0 amide bonds. The highest BCUT2D eigenvalue weighted by atomic mass is 79.9. The number of pyridine rings is 1. The molecule has 1 aromatic rings. The van der Waals surface area contributed by atoms with E-state index >= 15 is 0 Å². The first-order valence-electron chi connectivity index (χ1n) is 4.50. The summed E-state index contributed by atoms with van der Waals surface area (Å²) < 4.78 is 0.882. The number of nitrogens with zero attached hydrogens (tertiary/aromatic N) is 2. The predicted octanol–water partition coefficient (Wildman–Crippen LogP) is 2.51. The van der Waals surface area contributed by atoms with Gasteiger partial charge in [-0.05, 0) is 41.9 Å². The summed E-state index contributed by atoms with van der Waals surface area (Å²) in [5, 5.41) is 8.96. The van der Waals surface area contributed by atoms with Gasteiger partial charge in [0, 0.05) is 22.8 Å². The van der Waals surface area contributed by atoms with Crippen LogP contribution in [0.1, 0.15) is 19.5 Å². The summed E-state index contributed by atoms with van der Waals surface area (Å²) in [4.78, 5) is 15.5. The summed E-state index contributed by atoms with van der Waals surface area (Å²) in [6.07, 6.45) is 2.01. The van der Waals surface area contributed by atoms with Crippen molar-refractivity contribution in [2.75, 3.05) is 0 Å². The van der Waals surface area contributed by atoms with Gasteiger partial charge >= 0.3 is 0 Å². The minimum absolute atomic E-state index is 0.130. The number of carbonyl (C=O) groups excluding carboxylic acids is 1. The third-order valence-corrected chi connectivity index (χ3v) is 2.82. The number of hydrogen-bond donors (Lipinski definition) is 0. The zero-order valence-electron chi connectivity index (χ0n) is 8.62. The maximum Gasteiger partial charge on any atom is 0.150 e. The van der Waals surface area contributed by atoms with Crippen LogP contribution in [0.5, 0.6) is 0 Å². The van der Waals surface area contributed by atoms with Crippen molar-refractivity contribution in [2.24, 2.45) is 5.41 Å². The van der Waals surface area contributed by atoms with Gasteiger partial charge in [-0.25, -0.2) is 0 Å². The largest absolute Gasteiger partial charge is 0.298 e. The number of halogens is 1. The van der Waals surface area contributed by atoms with Gasteiger partial charge in [0.25, 0.3) is 0 Å². The van der Waals surface area contributed by atoms with Gasteiger partial charge in [-0.1, -0.05) is 0 Å². The zero-order valence-corrected chi connectivity index (χ0v) is 10.2. The van der Waals surface area contributed by atoms with Gasteiger partial charge in [-0.3, -0.25) is 9.78 Å². The molecule has 1 atom stereocenters. The molecule has 0 aliphatic rings. The molecule has 0 spiro atoms. The van der Waals surface area contributed by atoms with Crippen molar-refractivity contribution in [3.05, 3.63) is 28.5 Å². The van der Waals surface area contributed by atoms with Crippen molar-refractivity contribution in [2.45, 2.75) is 20.3 Å². The number of rotatable bonds is 3. The van der Waals surface area contributed by atoms with Crippen molar-refractivity contribution >= 4 is 21.7 Å². The van der Waals surface area contributed by atoms with Crippen molar-refractivity contribution in [3.63, 3.8) is 0 Å². The molecule has 0 radical (unpaired) electrons. The van der Waals surface area contributed by atoms with Gasteiger partial charge in [0.2, 0.25) is 0 Å². The quantitative estimate of drug-likeness (QED) is 0.845. The van der Waals surface area contributed by atoms with Crippen LogP contribution < -0.4 is 0 Å². The van der Waals surface area contributed by atoms with Crippen LogP contribution in [0.15, 0.2) is 22.8 Å². The zero-order chi connectivity index (χ0) is 11.5. The lowest BCUT2D eigenvalue weighted by Gasteiger charge is -2.16. The highest BCUT2D eigenvalue weighted by Crippen LogP contribution is 2.22. The Balaban J connectivity index is 2.90. The van der Waals surface area contributed by atoms with E-state index in [1.807, 2.05) is 18.2 Å². The average molecular weight is 267 g/mol. The number of aromatic nitrogens is 1. The first-order chi connectivity index (χ1) is 6.98. The van der Waals surface area contributed by atoms with E-state index < -0.39 is 5.41 Å². The molecule has 0 fully saturated rings. The monoisotopic (exact) mass is 266 g/mol. The molecule has 0 aliphatic carbocycles. The molecule has 1 aromatic heterocycles. The molecule has 3 nitrogen and oxygen atoms in total. The molecule has 1 rings (SSSR count). The molecule has 0 saturated carbocycles. The lowest BCUT2D eigenvalue weighted by atomic mass is 9.83. The van der Waals surface area contributed by atoms with Crippen LogP contribution in [0.2, 0.25) is 0 Å². The number of ketones is 1. The Bertz CT molecular complexity index is 408. The minimum Gasteiger partial charge on any atom is -0.298 e. The summed E-state index contributed by atoms with van der Waals surface area (Å²) in [5.74, 6) is -0.130. The van der Waals surface area contributed by atoms with Gasteiger partial charge in [-0.2, -0.15) is 5.26 Å². The van der Waals surface area contributed by atoms with Crippen LogP contribution in [0.3, 0.4) is 0 Å². The van der Waals surface area contributed by atoms with Crippen LogP contribution in [0, 0.1) is 16.7 Å². The molecular weight excluding hydrogens is 256 g/mol. The van der Waals surface area contributed by atoms with E-state index in [-0.39, 0.29) is 5.78 Å². The molecule has 0 saturated heterocycles. The molecule has 0 N–H and O–H groups in total. The van der Waals surface area contributed by atoms with E-state index in [0.29, 0.717) is 6.42 Å². The second-order valence-electron chi connectivity index (χ2n) is 3.64. The fraction of sp³-hybridized carbons (Fsp3) is 0.364. The summed E-state index contributed by atoms with van der Waals surface area (Å²) in [7, 11) is 0. The summed E-state index contributed by atoms with van der Waals surface area (Å²) in [6, 6.07) is 5.70. The van der Waals surface area contributed by atoms with Crippen molar-refractivity contribution in [3.8, 4) is 6.07 Å². The molecule has 4 heteroatoms. The van der Waals surface area contributed by atoms with E-state index in [1.165, 1.54) is 6.92 Å². The average Bonchev–Trinajstić information content (AvgIpc) is 2.21. The van der Waals surface area contributed by atoms with Crippen LogP contribution in [-0.4, -0.2) is 10.8 Å². The van der Waals surface area contributed by atoms with Gasteiger partial charge in [-0.15, -0.1) is 0 Å². The Hall–Kier alpha value is -1.21. The third kappa shape index (κ3) is 2.87. The Kier molecular flexibility index (Phi) is 3.59. The molecule has 0 aromatic carbocycles. The lowest BCUT2D eigenvalue weighted by Crippen LogP contribution is -2.26. The van der Waals surface area contributed by atoms with Crippen LogP contribution in [0.25, 0.3) is 0 Å². The van der Waals surface area contributed by atoms with Crippen LogP contribution in [-0.2, 0) is 11.2 Å². The Labute approximate surface area is 97.3 Å². The van der Waals surface area contributed by atoms with Crippen molar-refractivity contribution in [1.82, 2.24) is 4.98 Å². The van der Waals surface area contributed by atoms with Crippen LogP contribution >= 0.6 is 15.9 Å². The second-order valence-corrected chi connectivity index (χ2v) is 4.56. The highest BCUT2D eigenvalue weighted by molar-refractivity contribution is 9.10. The maximum absolute atomic E-state index is 11.3. The number of Topliss-reactive ketones (excluding diaryl/α,β-unsaturated/α-hetero) is 1. The third-order valence-electron chi connectivity index (χ3n) is 2.35.